The minimum absolute atomic E-state index is 0.0495. The maximum Gasteiger partial charge on any atom is 0.235 e. The van der Waals surface area contributed by atoms with Crippen molar-refractivity contribution in [1.82, 2.24) is 0 Å². The Morgan fingerprint density at radius 1 is 1.58 bits per heavy atom. The van der Waals surface area contributed by atoms with Crippen LogP contribution in [0.1, 0.15) is 26.7 Å². The van der Waals surface area contributed by atoms with Gasteiger partial charge in [0.2, 0.25) is 10.0 Å². The molecule has 0 aromatic carbocycles. The molecule has 0 rings (SSSR count). The van der Waals surface area contributed by atoms with Gasteiger partial charge in [-0.05, 0) is 17.9 Å². The zero-order chi connectivity index (χ0) is 9.61. The van der Waals surface area contributed by atoms with E-state index in [-0.39, 0.29) is 5.75 Å². The summed E-state index contributed by atoms with van der Waals surface area (Å²) in [6.45, 7) is 3.95. The van der Waals surface area contributed by atoms with Gasteiger partial charge in [-0.15, -0.1) is 0 Å². The zero-order valence-electron chi connectivity index (χ0n) is 7.27. The van der Waals surface area contributed by atoms with Gasteiger partial charge in [0, 0.05) is 9.43 Å². The number of sulfonamides is 1. The maximum atomic E-state index is 10.8. The quantitative estimate of drug-likeness (QED) is 0.378. The Kier molecular flexibility index (Phi) is 4.70. The summed E-state index contributed by atoms with van der Waals surface area (Å²) >= 11 is 0. The summed E-state index contributed by atoms with van der Waals surface area (Å²) in [5, 5.41) is 0. The number of rotatable bonds is 5. The molecule has 0 fully saturated rings. The largest absolute Gasteiger partial charge is 0.235 e. The first-order chi connectivity index (χ1) is 5.52. The molecule has 1 atom stereocenters. The molecule has 0 heterocycles. The third-order valence-electron chi connectivity index (χ3n) is 1.73. The molecule has 0 radical (unpaired) electrons. The Morgan fingerprint density at radius 2 is 2.17 bits per heavy atom. The Balaban J connectivity index is 4.01. The molecule has 70 valence electrons. The highest BCUT2D eigenvalue weighted by molar-refractivity contribution is 7.89. The summed E-state index contributed by atoms with van der Waals surface area (Å²) in [6, 6.07) is 0. The van der Waals surface area contributed by atoms with Crippen LogP contribution in [0.2, 0.25) is 0 Å². The lowest BCUT2D eigenvalue weighted by atomic mass is 10.1. The van der Waals surface area contributed by atoms with E-state index in [0.29, 0.717) is 12.3 Å². The van der Waals surface area contributed by atoms with Crippen LogP contribution in [0.4, 0.5) is 0 Å². The highest BCUT2D eigenvalue weighted by Gasteiger charge is 2.09. The van der Waals surface area contributed by atoms with Gasteiger partial charge in [0.1, 0.15) is 0 Å². The number of hydrogen-bond donors (Lipinski definition) is 0. The van der Waals surface area contributed by atoms with Crippen LogP contribution in [0.25, 0.3) is 10.4 Å². The van der Waals surface area contributed by atoms with E-state index in [2.05, 4.69) is 9.43 Å². The molecule has 0 N–H and O–H groups in total. The number of azide groups is 1. The lowest BCUT2D eigenvalue weighted by Crippen LogP contribution is -2.05. The predicted molar refractivity (Wildman–Crippen MR) is 47.0 cm³/mol. The van der Waals surface area contributed by atoms with Crippen LogP contribution in [0.15, 0.2) is 4.52 Å². The normalized spacial score (nSPS) is 13.5. The van der Waals surface area contributed by atoms with Crippen molar-refractivity contribution in [2.45, 2.75) is 26.7 Å². The van der Waals surface area contributed by atoms with Crippen molar-refractivity contribution >= 4 is 10.0 Å². The SMILES string of the molecule is CCC(C)CCS(=O)(=O)N=[N+]=[N-]. The first kappa shape index (κ1) is 11.3. The van der Waals surface area contributed by atoms with E-state index >= 15 is 0 Å². The summed E-state index contributed by atoms with van der Waals surface area (Å²) in [5.41, 5.74) is 7.90. The van der Waals surface area contributed by atoms with Crippen LogP contribution in [0.3, 0.4) is 0 Å². The van der Waals surface area contributed by atoms with Crippen molar-refractivity contribution in [2.75, 3.05) is 5.75 Å². The topological polar surface area (TPSA) is 82.9 Å². The molecule has 0 aromatic rings. The Labute approximate surface area is 72.5 Å². The average Bonchev–Trinajstić information content (AvgIpc) is 2.00. The average molecular weight is 191 g/mol. The van der Waals surface area contributed by atoms with Crippen molar-refractivity contribution < 1.29 is 8.42 Å². The minimum Gasteiger partial charge on any atom is -0.221 e. The molecule has 12 heavy (non-hydrogen) atoms. The molecular weight excluding hydrogens is 178 g/mol. The highest BCUT2D eigenvalue weighted by Crippen LogP contribution is 2.08. The van der Waals surface area contributed by atoms with Gasteiger partial charge >= 0.3 is 0 Å². The second kappa shape index (κ2) is 5.00. The molecule has 0 aliphatic heterocycles. The van der Waals surface area contributed by atoms with Gasteiger partial charge in [-0.2, -0.15) is 0 Å². The molecule has 0 saturated carbocycles. The monoisotopic (exact) mass is 191 g/mol. The van der Waals surface area contributed by atoms with Crippen molar-refractivity contribution in [3.8, 4) is 0 Å². The van der Waals surface area contributed by atoms with Gasteiger partial charge in [-0.3, -0.25) is 0 Å². The molecule has 5 nitrogen and oxygen atoms in total. The van der Waals surface area contributed by atoms with Crippen LogP contribution >= 0.6 is 0 Å². The molecule has 0 bridgehead atoms. The molecule has 0 saturated heterocycles. The van der Waals surface area contributed by atoms with Gasteiger partial charge in [0.15, 0.2) is 0 Å². The molecule has 0 aliphatic carbocycles. The van der Waals surface area contributed by atoms with Gasteiger partial charge in [0.05, 0.1) is 5.75 Å². The molecule has 6 heteroatoms. The summed E-state index contributed by atoms with van der Waals surface area (Å²) < 4.78 is 24.4. The van der Waals surface area contributed by atoms with E-state index in [1.54, 1.807) is 0 Å². The molecule has 0 aliphatic rings. The van der Waals surface area contributed by atoms with Crippen molar-refractivity contribution in [3.05, 3.63) is 10.4 Å². The first-order valence-corrected chi connectivity index (χ1v) is 5.41. The van der Waals surface area contributed by atoms with Crippen molar-refractivity contribution in [2.24, 2.45) is 10.4 Å². The van der Waals surface area contributed by atoms with Gasteiger partial charge in [-0.25, -0.2) is 8.42 Å². The van der Waals surface area contributed by atoms with Gasteiger partial charge in [0.25, 0.3) is 0 Å². The van der Waals surface area contributed by atoms with Gasteiger partial charge in [-0.1, -0.05) is 20.3 Å². The van der Waals surface area contributed by atoms with Crippen molar-refractivity contribution in [1.29, 1.82) is 0 Å². The van der Waals surface area contributed by atoms with E-state index in [4.69, 9.17) is 5.53 Å². The van der Waals surface area contributed by atoms with E-state index in [9.17, 15) is 8.42 Å². The summed E-state index contributed by atoms with van der Waals surface area (Å²) in [4.78, 5) is 2.25. The Hall–Kier alpha value is -0.740. The van der Waals surface area contributed by atoms with E-state index in [1.165, 1.54) is 0 Å². The summed E-state index contributed by atoms with van der Waals surface area (Å²) in [6.07, 6.45) is 1.49. The molecular formula is C6H13N3O2S. The second-order valence-corrected chi connectivity index (χ2v) is 4.49. The van der Waals surface area contributed by atoms with E-state index < -0.39 is 10.0 Å². The fourth-order valence-corrected chi connectivity index (χ4v) is 1.54. The molecule has 0 aromatic heterocycles. The second-order valence-electron chi connectivity index (χ2n) is 2.76. The van der Waals surface area contributed by atoms with Crippen molar-refractivity contribution in [3.63, 3.8) is 0 Å². The summed E-state index contributed by atoms with van der Waals surface area (Å²) in [5.74, 6) is 0.306. The van der Waals surface area contributed by atoms with Crippen LogP contribution in [-0.4, -0.2) is 14.2 Å². The Bertz CT molecular complexity index is 267. The van der Waals surface area contributed by atoms with Crippen LogP contribution < -0.4 is 0 Å². The van der Waals surface area contributed by atoms with E-state index in [1.807, 2.05) is 13.8 Å². The van der Waals surface area contributed by atoms with Crippen LogP contribution in [0, 0.1) is 5.92 Å². The van der Waals surface area contributed by atoms with E-state index in [0.717, 1.165) is 6.42 Å². The highest BCUT2D eigenvalue weighted by atomic mass is 32.2. The lowest BCUT2D eigenvalue weighted by molar-refractivity contribution is 0.532. The van der Waals surface area contributed by atoms with Crippen LogP contribution in [-0.2, 0) is 10.0 Å². The number of hydrogen-bond acceptors (Lipinski definition) is 2. The fourth-order valence-electron chi connectivity index (χ4n) is 0.651. The molecule has 0 amide bonds. The van der Waals surface area contributed by atoms with Gasteiger partial charge < -0.3 is 0 Å². The maximum absolute atomic E-state index is 10.8. The standard InChI is InChI=1S/C6H13N3O2S/c1-3-6(2)4-5-12(10,11)9-8-7/h6H,3-5H2,1-2H3. The molecule has 1 unspecified atom stereocenters. The number of nitrogens with zero attached hydrogens (tertiary/aromatic N) is 3. The molecule has 0 spiro atoms. The predicted octanol–water partition coefficient (Wildman–Crippen LogP) is 2.06. The third-order valence-corrected chi connectivity index (χ3v) is 2.80. The third kappa shape index (κ3) is 4.98. The smallest absolute Gasteiger partial charge is 0.221 e. The zero-order valence-corrected chi connectivity index (χ0v) is 8.08. The van der Waals surface area contributed by atoms with Crippen LogP contribution in [0.5, 0.6) is 0 Å². The fraction of sp³-hybridized carbons (Fsp3) is 1.00. The summed E-state index contributed by atoms with van der Waals surface area (Å²) in [7, 11) is -3.53. The minimum atomic E-state index is -3.53. The first-order valence-electron chi connectivity index (χ1n) is 3.81. The Morgan fingerprint density at radius 3 is 2.58 bits per heavy atom. The lowest BCUT2D eigenvalue weighted by Gasteiger charge is -2.04.